The number of hydrogen-bond acceptors (Lipinski definition) is 2. The second-order valence-electron chi connectivity index (χ2n) is 7.99. The molecule has 1 amide bonds. The van der Waals surface area contributed by atoms with Crippen LogP contribution in [0.15, 0.2) is 48.7 Å². The minimum absolute atomic E-state index is 0.0563. The number of rotatable bonds is 3. The maximum atomic E-state index is 13.5. The van der Waals surface area contributed by atoms with Crippen LogP contribution >= 0.6 is 11.6 Å². The molecule has 2 aliphatic rings. The van der Waals surface area contributed by atoms with Gasteiger partial charge in [0, 0.05) is 45.9 Å². The average Bonchev–Trinajstić information content (AvgIpc) is 3.18. The molecule has 5 heteroatoms. The summed E-state index contributed by atoms with van der Waals surface area (Å²) in [4.78, 5) is 17.7. The van der Waals surface area contributed by atoms with Crippen molar-refractivity contribution in [1.29, 1.82) is 0 Å². The van der Waals surface area contributed by atoms with Crippen LogP contribution in [0.4, 0.5) is 5.69 Å². The van der Waals surface area contributed by atoms with Gasteiger partial charge in [-0.15, -0.1) is 0 Å². The molecule has 148 valence electrons. The van der Waals surface area contributed by atoms with Gasteiger partial charge in [0.1, 0.15) is 0 Å². The van der Waals surface area contributed by atoms with Crippen molar-refractivity contribution in [2.75, 3.05) is 24.7 Å². The summed E-state index contributed by atoms with van der Waals surface area (Å²) in [6, 6.07) is 14.1. The van der Waals surface area contributed by atoms with Gasteiger partial charge in [-0.1, -0.05) is 42.3 Å². The number of halogens is 1. The average molecular weight is 406 g/mol. The number of likely N-dealkylation sites (tertiary alicyclic amines) is 1. The lowest BCUT2D eigenvalue weighted by Crippen LogP contribution is -2.42. The van der Waals surface area contributed by atoms with E-state index in [4.69, 9.17) is 11.6 Å². The fourth-order valence-corrected chi connectivity index (χ4v) is 4.72. The third-order valence-corrected chi connectivity index (χ3v) is 6.27. The number of nitrogens with zero attached hydrogens (tertiary/aromatic N) is 3. The molecule has 1 saturated heterocycles. The smallest absolute Gasteiger partial charge is 0.260 e. The molecule has 0 N–H and O–H groups in total. The minimum atomic E-state index is 0.0563. The molecule has 0 radical (unpaired) electrons. The number of aromatic nitrogens is 1. The van der Waals surface area contributed by atoms with Crippen molar-refractivity contribution in [2.24, 2.45) is 7.05 Å². The van der Waals surface area contributed by atoms with Gasteiger partial charge in [-0.2, -0.15) is 0 Å². The Balaban J connectivity index is 1.58. The molecule has 1 fully saturated rings. The quantitative estimate of drug-likeness (QED) is 0.563. The predicted molar refractivity (Wildman–Crippen MR) is 120 cm³/mol. The first-order valence-electron chi connectivity index (χ1n) is 10.2. The van der Waals surface area contributed by atoms with Crippen LogP contribution in [0.3, 0.4) is 0 Å². The van der Waals surface area contributed by atoms with E-state index in [-0.39, 0.29) is 5.91 Å². The van der Waals surface area contributed by atoms with Gasteiger partial charge < -0.3 is 4.57 Å². The Hall–Kier alpha value is -2.56. The lowest BCUT2D eigenvalue weighted by Gasteiger charge is -2.30. The lowest BCUT2D eigenvalue weighted by atomic mass is 10.0. The SMILES string of the molecule is Cn1cc(C=C2C(=O)N(CN3CCCCC3)c3cc(Cl)ccc32)c2ccccc21. The van der Waals surface area contributed by atoms with Crippen molar-refractivity contribution in [3.05, 3.63) is 64.8 Å². The highest BCUT2D eigenvalue weighted by atomic mass is 35.5. The van der Waals surface area contributed by atoms with E-state index >= 15 is 0 Å². The second-order valence-corrected chi connectivity index (χ2v) is 8.42. The Labute approximate surface area is 176 Å². The maximum Gasteiger partial charge on any atom is 0.260 e. The van der Waals surface area contributed by atoms with Crippen LogP contribution < -0.4 is 4.90 Å². The highest BCUT2D eigenvalue weighted by Gasteiger charge is 2.34. The van der Waals surface area contributed by atoms with Crippen LogP contribution in [-0.4, -0.2) is 35.1 Å². The number of carbonyl (C=O) groups excluding carboxylic acids is 1. The molecule has 2 aromatic carbocycles. The third kappa shape index (κ3) is 3.26. The molecule has 0 aliphatic carbocycles. The number of hydrogen-bond donors (Lipinski definition) is 0. The van der Waals surface area contributed by atoms with Gasteiger partial charge in [-0.3, -0.25) is 14.6 Å². The van der Waals surface area contributed by atoms with Gasteiger partial charge in [0.2, 0.25) is 0 Å². The van der Waals surface area contributed by atoms with Crippen molar-refractivity contribution >= 4 is 45.7 Å². The Bertz CT molecular complexity index is 1120. The monoisotopic (exact) mass is 405 g/mol. The first-order valence-corrected chi connectivity index (χ1v) is 10.6. The second kappa shape index (κ2) is 7.36. The third-order valence-electron chi connectivity index (χ3n) is 6.03. The van der Waals surface area contributed by atoms with E-state index in [1.54, 1.807) is 0 Å². The summed E-state index contributed by atoms with van der Waals surface area (Å²) in [5.41, 5.74) is 4.84. The van der Waals surface area contributed by atoms with E-state index in [0.29, 0.717) is 11.7 Å². The molecule has 5 rings (SSSR count). The Morgan fingerprint density at radius 2 is 1.86 bits per heavy atom. The number of anilines is 1. The molecule has 1 aromatic heterocycles. The van der Waals surface area contributed by atoms with Crippen LogP contribution in [-0.2, 0) is 11.8 Å². The van der Waals surface area contributed by atoms with Gasteiger partial charge in [0.15, 0.2) is 0 Å². The summed E-state index contributed by atoms with van der Waals surface area (Å²) in [6.07, 6.45) is 7.80. The van der Waals surface area contributed by atoms with Crippen LogP contribution in [0.5, 0.6) is 0 Å². The zero-order chi connectivity index (χ0) is 20.0. The van der Waals surface area contributed by atoms with Crippen LogP contribution in [0.1, 0.15) is 30.4 Å². The first-order chi connectivity index (χ1) is 14.1. The van der Waals surface area contributed by atoms with Gasteiger partial charge in [0.25, 0.3) is 5.91 Å². The summed E-state index contributed by atoms with van der Waals surface area (Å²) in [7, 11) is 2.04. The van der Waals surface area contributed by atoms with E-state index in [9.17, 15) is 4.79 Å². The molecule has 3 heterocycles. The zero-order valence-corrected chi connectivity index (χ0v) is 17.3. The van der Waals surface area contributed by atoms with Crippen molar-refractivity contribution in [3.63, 3.8) is 0 Å². The number of benzene rings is 2. The van der Waals surface area contributed by atoms with Gasteiger partial charge in [-0.05, 0) is 50.2 Å². The molecule has 29 heavy (non-hydrogen) atoms. The van der Waals surface area contributed by atoms with E-state index in [0.717, 1.165) is 46.4 Å². The summed E-state index contributed by atoms with van der Waals surface area (Å²) in [5, 5.41) is 1.81. The predicted octanol–water partition coefficient (Wildman–Crippen LogP) is 5.16. The number of carbonyl (C=O) groups is 1. The molecule has 2 aliphatic heterocycles. The zero-order valence-electron chi connectivity index (χ0n) is 16.6. The van der Waals surface area contributed by atoms with E-state index in [1.165, 1.54) is 19.3 Å². The van der Waals surface area contributed by atoms with Crippen molar-refractivity contribution < 1.29 is 4.79 Å². The molecule has 0 saturated carbocycles. The van der Waals surface area contributed by atoms with Crippen molar-refractivity contribution in [3.8, 4) is 0 Å². The molecular formula is C24H24ClN3O. The standard InChI is InChI=1S/C24H24ClN3O/c1-26-15-17(19-7-3-4-8-22(19)26)13-21-20-10-9-18(25)14-23(20)28(24(21)29)16-27-11-5-2-6-12-27/h3-4,7-10,13-15H,2,5-6,11-12,16H2,1H3. The normalized spacial score (nSPS) is 18.8. The molecule has 0 atom stereocenters. The Morgan fingerprint density at radius 3 is 2.69 bits per heavy atom. The highest BCUT2D eigenvalue weighted by Crippen LogP contribution is 2.40. The summed E-state index contributed by atoms with van der Waals surface area (Å²) < 4.78 is 2.11. The molecule has 0 unspecified atom stereocenters. The van der Waals surface area contributed by atoms with Crippen molar-refractivity contribution in [1.82, 2.24) is 9.47 Å². The van der Waals surface area contributed by atoms with Crippen LogP contribution in [0.2, 0.25) is 5.02 Å². The summed E-state index contributed by atoms with van der Waals surface area (Å²) >= 11 is 6.29. The maximum absolute atomic E-state index is 13.5. The van der Waals surface area contributed by atoms with Gasteiger partial charge in [0.05, 0.1) is 12.4 Å². The molecule has 0 spiro atoms. The fraction of sp³-hybridized carbons (Fsp3) is 0.292. The number of aryl methyl sites for hydroxylation is 1. The van der Waals surface area contributed by atoms with Gasteiger partial charge >= 0.3 is 0 Å². The molecule has 3 aromatic rings. The Morgan fingerprint density at radius 1 is 1.07 bits per heavy atom. The highest BCUT2D eigenvalue weighted by molar-refractivity contribution is 6.37. The topological polar surface area (TPSA) is 28.5 Å². The van der Waals surface area contributed by atoms with Gasteiger partial charge in [-0.25, -0.2) is 0 Å². The first kappa shape index (κ1) is 18.5. The van der Waals surface area contributed by atoms with Crippen molar-refractivity contribution in [2.45, 2.75) is 19.3 Å². The fourth-order valence-electron chi connectivity index (χ4n) is 4.55. The molecule has 0 bridgehead atoms. The van der Waals surface area contributed by atoms with Crippen LogP contribution in [0, 0.1) is 0 Å². The number of piperidine rings is 1. The molecule has 4 nitrogen and oxygen atoms in total. The lowest BCUT2D eigenvalue weighted by molar-refractivity contribution is -0.113. The number of amides is 1. The molecular weight excluding hydrogens is 382 g/mol. The van der Waals surface area contributed by atoms with Crippen LogP contribution in [0.25, 0.3) is 22.6 Å². The number of fused-ring (bicyclic) bond motifs is 2. The Kier molecular flexibility index (Phi) is 4.69. The minimum Gasteiger partial charge on any atom is -0.350 e. The van der Waals surface area contributed by atoms with E-state index in [2.05, 4.69) is 27.8 Å². The summed E-state index contributed by atoms with van der Waals surface area (Å²) in [5.74, 6) is 0.0563. The number of para-hydroxylation sites is 1. The van der Waals surface area contributed by atoms with E-state index in [1.807, 2.05) is 48.4 Å². The summed E-state index contributed by atoms with van der Waals surface area (Å²) in [6.45, 7) is 2.71. The largest absolute Gasteiger partial charge is 0.350 e. The van der Waals surface area contributed by atoms with E-state index < -0.39 is 0 Å².